The van der Waals surface area contributed by atoms with Gasteiger partial charge in [-0.2, -0.15) is 0 Å². The molecule has 0 saturated heterocycles. The van der Waals surface area contributed by atoms with E-state index in [0.29, 0.717) is 0 Å². The molecule has 0 spiro atoms. The lowest BCUT2D eigenvalue weighted by Crippen LogP contribution is -2.18. The molecule has 0 amide bonds. The normalized spacial score (nSPS) is 11.3. The Morgan fingerprint density at radius 1 is 1.47 bits per heavy atom. The fraction of sp³-hybridized carbons (Fsp3) is 0.143. The molecule has 0 aliphatic carbocycles. The van der Waals surface area contributed by atoms with E-state index in [1.807, 2.05) is 0 Å². The van der Waals surface area contributed by atoms with Crippen molar-refractivity contribution >= 4 is 32.8 Å². The Hall–Kier alpha value is -0.820. The molecule has 0 bridgehead atoms. The van der Waals surface area contributed by atoms with Gasteiger partial charge in [0, 0.05) is 6.07 Å². The second-order valence-corrected chi connectivity index (χ2v) is 3.40. The SMILES string of the molecule is O=C(Cl)c1ccc(OC(F)(F)F)nc1Br. The quantitative estimate of drug-likeness (QED) is 0.622. The van der Waals surface area contributed by atoms with Crippen molar-refractivity contribution in [2.24, 2.45) is 0 Å². The van der Waals surface area contributed by atoms with Gasteiger partial charge in [-0.25, -0.2) is 4.98 Å². The molecule has 0 fully saturated rings. The molecule has 0 aliphatic rings. The minimum Gasteiger partial charge on any atom is -0.388 e. The number of nitrogens with zero attached hydrogens (tertiary/aromatic N) is 1. The maximum Gasteiger partial charge on any atom is 0.574 e. The van der Waals surface area contributed by atoms with Crippen molar-refractivity contribution in [3.8, 4) is 5.88 Å². The molecule has 0 radical (unpaired) electrons. The summed E-state index contributed by atoms with van der Waals surface area (Å²) in [6, 6.07) is 1.97. The highest BCUT2D eigenvalue weighted by molar-refractivity contribution is 9.10. The molecule has 3 nitrogen and oxygen atoms in total. The molecule has 1 aromatic rings. The van der Waals surface area contributed by atoms with E-state index in [-0.39, 0.29) is 10.2 Å². The van der Waals surface area contributed by atoms with E-state index in [0.717, 1.165) is 12.1 Å². The van der Waals surface area contributed by atoms with E-state index in [4.69, 9.17) is 11.6 Å². The van der Waals surface area contributed by atoms with Gasteiger partial charge in [0.15, 0.2) is 0 Å². The zero-order chi connectivity index (χ0) is 11.6. The Labute approximate surface area is 95.3 Å². The fourth-order valence-electron chi connectivity index (χ4n) is 0.740. The maximum atomic E-state index is 11.8. The van der Waals surface area contributed by atoms with Gasteiger partial charge < -0.3 is 4.74 Å². The van der Waals surface area contributed by atoms with Crippen LogP contribution in [0.25, 0.3) is 0 Å². The number of ether oxygens (including phenoxy) is 1. The molecular weight excluding hydrogens is 302 g/mol. The van der Waals surface area contributed by atoms with Gasteiger partial charge in [-0.05, 0) is 33.6 Å². The standard InChI is InChI=1S/C7H2BrClF3NO2/c8-5-3(6(9)14)1-2-4(13-5)15-7(10,11)12/h1-2H. The zero-order valence-electron chi connectivity index (χ0n) is 6.81. The molecule has 1 rings (SSSR count). The first-order valence-electron chi connectivity index (χ1n) is 3.42. The predicted octanol–water partition coefficient (Wildman–Crippen LogP) is 3.12. The molecule has 0 atom stereocenters. The summed E-state index contributed by atoms with van der Waals surface area (Å²) in [7, 11) is 0. The molecule has 1 aromatic heterocycles. The summed E-state index contributed by atoms with van der Waals surface area (Å²) in [5.74, 6) is -0.670. The lowest BCUT2D eigenvalue weighted by molar-refractivity contribution is -0.276. The summed E-state index contributed by atoms with van der Waals surface area (Å²) in [4.78, 5) is 14.0. The number of halogens is 5. The van der Waals surface area contributed by atoms with E-state index >= 15 is 0 Å². The van der Waals surface area contributed by atoms with E-state index < -0.39 is 17.5 Å². The Morgan fingerprint density at radius 3 is 2.47 bits per heavy atom. The third-order valence-corrected chi connectivity index (χ3v) is 2.06. The van der Waals surface area contributed by atoms with Crippen LogP contribution in [0, 0.1) is 0 Å². The second-order valence-electron chi connectivity index (χ2n) is 2.31. The summed E-state index contributed by atoms with van der Waals surface area (Å²) in [6.45, 7) is 0. The molecule has 0 unspecified atom stereocenters. The highest BCUT2D eigenvalue weighted by Crippen LogP contribution is 2.24. The Bertz CT molecular complexity index is 396. The highest BCUT2D eigenvalue weighted by Gasteiger charge is 2.32. The number of hydrogen-bond acceptors (Lipinski definition) is 3. The molecule has 0 saturated carbocycles. The zero-order valence-corrected chi connectivity index (χ0v) is 9.15. The lowest BCUT2D eigenvalue weighted by atomic mass is 10.3. The molecule has 15 heavy (non-hydrogen) atoms. The van der Waals surface area contributed by atoms with Gasteiger partial charge in [0.25, 0.3) is 5.24 Å². The monoisotopic (exact) mass is 303 g/mol. The van der Waals surface area contributed by atoms with Crippen LogP contribution >= 0.6 is 27.5 Å². The highest BCUT2D eigenvalue weighted by atomic mass is 79.9. The number of carbonyl (C=O) groups excluding carboxylic acids is 1. The second kappa shape index (κ2) is 4.36. The van der Waals surface area contributed by atoms with E-state index in [1.54, 1.807) is 0 Å². The Kier molecular flexibility index (Phi) is 3.56. The molecule has 8 heteroatoms. The minimum atomic E-state index is -4.82. The molecule has 0 aromatic carbocycles. The van der Waals surface area contributed by atoms with Gasteiger partial charge >= 0.3 is 6.36 Å². The number of alkyl halides is 3. The van der Waals surface area contributed by atoms with Crippen LogP contribution in [-0.4, -0.2) is 16.6 Å². The van der Waals surface area contributed by atoms with Gasteiger partial charge in [0.2, 0.25) is 5.88 Å². The van der Waals surface area contributed by atoms with Crippen LogP contribution < -0.4 is 4.74 Å². The van der Waals surface area contributed by atoms with Crippen molar-refractivity contribution < 1.29 is 22.7 Å². The summed E-state index contributed by atoms with van der Waals surface area (Å²) in [6.07, 6.45) is -4.82. The first-order chi connectivity index (χ1) is 6.79. The molecule has 0 aliphatic heterocycles. The fourth-order valence-corrected chi connectivity index (χ4v) is 1.49. The van der Waals surface area contributed by atoms with Gasteiger partial charge in [0.05, 0.1) is 5.56 Å². The van der Waals surface area contributed by atoms with E-state index in [9.17, 15) is 18.0 Å². The topological polar surface area (TPSA) is 39.2 Å². The van der Waals surface area contributed by atoms with Crippen molar-refractivity contribution in [2.75, 3.05) is 0 Å². The summed E-state index contributed by atoms with van der Waals surface area (Å²) in [5.41, 5.74) is -0.0359. The van der Waals surface area contributed by atoms with Crippen LogP contribution in [0.1, 0.15) is 10.4 Å². The summed E-state index contributed by atoms with van der Waals surface area (Å²) >= 11 is 7.91. The van der Waals surface area contributed by atoms with E-state index in [1.165, 1.54) is 0 Å². The summed E-state index contributed by atoms with van der Waals surface area (Å²) in [5, 5.41) is -0.826. The van der Waals surface area contributed by atoms with Crippen LogP contribution in [0.3, 0.4) is 0 Å². The average molecular weight is 304 g/mol. The Balaban J connectivity index is 2.97. The average Bonchev–Trinajstić information content (AvgIpc) is 1.99. The van der Waals surface area contributed by atoms with Crippen LogP contribution in [0.2, 0.25) is 0 Å². The lowest BCUT2D eigenvalue weighted by Gasteiger charge is -2.08. The van der Waals surface area contributed by atoms with Crippen LogP contribution in [0.4, 0.5) is 13.2 Å². The van der Waals surface area contributed by atoms with E-state index in [2.05, 4.69) is 25.7 Å². The van der Waals surface area contributed by atoms with Gasteiger partial charge in [-0.1, -0.05) is 0 Å². The maximum absolute atomic E-state index is 11.8. The first-order valence-corrected chi connectivity index (χ1v) is 4.59. The van der Waals surface area contributed by atoms with Crippen LogP contribution in [-0.2, 0) is 0 Å². The molecule has 1 heterocycles. The largest absolute Gasteiger partial charge is 0.574 e. The van der Waals surface area contributed by atoms with Crippen molar-refractivity contribution in [1.82, 2.24) is 4.98 Å². The van der Waals surface area contributed by atoms with Crippen LogP contribution in [0.5, 0.6) is 5.88 Å². The smallest absolute Gasteiger partial charge is 0.388 e. The van der Waals surface area contributed by atoms with Gasteiger partial charge in [0.1, 0.15) is 4.60 Å². The number of carbonyl (C=O) groups is 1. The number of rotatable bonds is 2. The molecule has 82 valence electrons. The number of aromatic nitrogens is 1. The van der Waals surface area contributed by atoms with Crippen LogP contribution in [0.15, 0.2) is 16.7 Å². The number of pyridine rings is 1. The van der Waals surface area contributed by atoms with Crippen molar-refractivity contribution in [3.63, 3.8) is 0 Å². The summed E-state index contributed by atoms with van der Waals surface area (Å²) < 4.78 is 38.7. The minimum absolute atomic E-state index is 0.0359. The molecular formula is C7H2BrClF3NO2. The van der Waals surface area contributed by atoms with Crippen molar-refractivity contribution in [1.29, 1.82) is 0 Å². The van der Waals surface area contributed by atoms with Gasteiger partial charge in [-0.15, -0.1) is 13.2 Å². The van der Waals surface area contributed by atoms with Gasteiger partial charge in [-0.3, -0.25) is 4.79 Å². The third-order valence-electron chi connectivity index (χ3n) is 1.26. The Morgan fingerprint density at radius 2 is 2.07 bits per heavy atom. The van der Waals surface area contributed by atoms with Crippen molar-refractivity contribution in [3.05, 3.63) is 22.3 Å². The number of hydrogen-bond donors (Lipinski definition) is 0. The molecule has 0 N–H and O–H groups in total. The van der Waals surface area contributed by atoms with Crippen molar-refractivity contribution in [2.45, 2.75) is 6.36 Å². The third kappa shape index (κ3) is 3.67. The predicted molar refractivity (Wildman–Crippen MR) is 48.8 cm³/mol. The first kappa shape index (κ1) is 12.3.